The molecule has 4 rings (SSSR count). The molecule has 0 atom stereocenters. The first-order valence-electron chi connectivity index (χ1n) is 7.13. The van der Waals surface area contributed by atoms with Gasteiger partial charge >= 0.3 is 5.91 Å². The third kappa shape index (κ3) is 2.05. The van der Waals surface area contributed by atoms with Gasteiger partial charge < -0.3 is 8.98 Å². The molecule has 0 N–H and O–H groups in total. The first kappa shape index (κ1) is 13.3. The Morgan fingerprint density at radius 3 is 2.91 bits per heavy atom. The predicted molar refractivity (Wildman–Crippen MR) is 84.7 cm³/mol. The fourth-order valence-electron chi connectivity index (χ4n) is 2.87. The number of fused-ring (bicyclic) bond motifs is 3. The Balaban J connectivity index is 1.86. The summed E-state index contributed by atoms with van der Waals surface area (Å²) in [7, 11) is 1.96. The molecule has 3 aromatic rings. The number of hydrogen-bond donors (Lipinski definition) is 0. The minimum Gasteiger partial charge on any atom is -0.459 e. The lowest BCUT2D eigenvalue weighted by molar-refractivity contribution is 0.0971. The Morgan fingerprint density at radius 1 is 1.23 bits per heavy atom. The van der Waals surface area contributed by atoms with Gasteiger partial charge in [0.2, 0.25) is 0 Å². The molecule has 5 heteroatoms. The van der Waals surface area contributed by atoms with Crippen LogP contribution in [-0.2, 0) is 19.9 Å². The van der Waals surface area contributed by atoms with Gasteiger partial charge in [-0.1, -0.05) is 24.3 Å². The summed E-state index contributed by atoms with van der Waals surface area (Å²) < 4.78 is 7.13. The number of furan rings is 1. The highest BCUT2D eigenvalue weighted by molar-refractivity contribution is 7.09. The van der Waals surface area contributed by atoms with Crippen LogP contribution in [0.15, 0.2) is 52.1 Å². The summed E-state index contributed by atoms with van der Waals surface area (Å²) in [5.74, 6) is -0.0701. The van der Waals surface area contributed by atoms with Crippen molar-refractivity contribution in [1.82, 2.24) is 4.57 Å². The van der Waals surface area contributed by atoms with Crippen LogP contribution in [0.5, 0.6) is 0 Å². The van der Waals surface area contributed by atoms with Crippen molar-refractivity contribution in [2.45, 2.75) is 12.8 Å². The maximum Gasteiger partial charge on any atom is 0.315 e. The van der Waals surface area contributed by atoms with E-state index in [2.05, 4.69) is 29.3 Å². The van der Waals surface area contributed by atoms with Crippen LogP contribution in [0.4, 0.5) is 0 Å². The highest BCUT2D eigenvalue weighted by atomic mass is 32.1. The zero-order valence-electron chi connectivity index (χ0n) is 12.1. The van der Waals surface area contributed by atoms with E-state index in [1.807, 2.05) is 11.6 Å². The Kier molecular flexibility index (Phi) is 3.08. The average molecular weight is 310 g/mol. The summed E-state index contributed by atoms with van der Waals surface area (Å²) in [5, 5.41) is 0. The summed E-state index contributed by atoms with van der Waals surface area (Å²) in [6.07, 6.45) is 3.52. The number of hydrogen-bond acceptors (Lipinski definition) is 3. The number of carbonyl (C=O) groups is 1. The molecule has 0 aliphatic heterocycles. The molecule has 1 aromatic carbocycles. The number of benzene rings is 1. The van der Waals surface area contributed by atoms with Crippen molar-refractivity contribution in [3.05, 3.63) is 63.7 Å². The second-order valence-corrected chi connectivity index (χ2v) is 6.33. The molecule has 22 heavy (non-hydrogen) atoms. The van der Waals surface area contributed by atoms with Crippen LogP contribution in [0.2, 0.25) is 0 Å². The smallest absolute Gasteiger partial charge is 0.315 e. The van der Waals surface area contributed by atoms with Gasteiger partial charge in [-0.2, -0.15) is 4.99 Å². The summed E-state index contributed by atoms with van der Waals surface area (Å²) in [5.41, 5.74) is 3.78. The topological polar surface area (TPSA) is 47.5 Å². The minimum atomic E-state index is -0.340. The standard InChI is InChI=1S/C17H14N2O2S/c1-19-15-12-6-3-2-5-11(12)8-9-14(15)22-17(19)18-16(20)13-7-4-10-21-13/h2-7,10H,8-9H2,1H3. The molecule has 4 nitrogen and oxygen atoms in total. The average Bonchev–Trinajstić information content (AvgIpc) is 3.17. The van der Waals surface area contributed by atoms with E-state index in [4.69, 9.17) is 4.42 Å². The zero-order chi connectivity index (χ0) is 15.1. The number of carbonyl (C=O) groups excluding carboxylic acids is 1. The Bertz CT molecular complexity index is 917. The van der Waals surface area contributed by atoms with Crippen LogP contribution < -0.4 is 4.80 Å². The molecule has 1 aliphatic rings. The van der Waals surface area contributed by atoms with Crippen molar-refractivity contribution in [2.24, 2.45) is 12.0 Å². The van der Waals surface area contributed by atoms with Gasteiger partial charge in [0.05, 0.1) is 12.0 Å². The summed E-state index contributed by atoms with van der Waals surface area (Å²) in [6, 6.07) is 11.8. The molecule has 0 spiro atoms. The molecule has 1 aliphatic carbocycles. The lowest BCUT2D eigenvalue weighted by Crippen LogP contribution is -2.15. The van der Waals surface area contributed by atoms with Crippen LogP contribution in [0.1, 0.15) is 21.0 Å². The SMILES string of the molecule is Cn1c2c(sc1=NC(=O)c1ccco1)CCc1ccccc1-2. The molecule has 0 radical (unpaired) electrons. The summed E-state index contributed by atoms with van der Waals surface area (Å²) >= 11 is 1.58. The second-order valence-electron chi connectivity index (χ2n) is 5.27. The Hall–Kier alpha value is -2.40. The maximum absolute atomic E-state index is 12.1. The van der Waals surface area contributed by atoms with Crippen LogP contribution in [0.25, 0.3) is 11.3 Å². The summed E-state index contributed by atoms with van der Waals surface area (Å²) in [4.78, 5) is 18.3. The lowest BCUT2D eigenvalue weighted by atomic mass is 9.93. The lowest BCUT2D eigenvalue weighted by Gasteiger charge is -2.16. The molecular weight excluding hydrogens is 296 g/mol. The van der Waals surface area contributed by atoms with E-state index >= 15 is 0 Å². The van der Waals surface area contributed by atoms with E-state index in [1.165, 1.54) is 28.0 Å². The third-order valence-electron chi connectivity index (χ3n) is 3.92. The Labute approximate surface area is 131 Å². The van der Waals surface area contributed by atoms with Gasteiger partial charge in [-0.05, 0) is 30.5 Å². The van der Waals surface area contributed by atoms with Gasteiger partial charge in [0.15, 0.2) is 10.6 Å². The van der Waals surface area contributed by atoms with E-state index in [-0.39, 0.29) is 11.7 Å². The summed E-state index contributed by atoms with van der Waals surface area (Å²) in [6.45, 7) is 0. The normalized spacial score (nSPS) is 13.8. The number of aromatic nitrogens is 1. The van der Waals surface area contributed by atoms with Crippen molar-refractivity contribution in [3.63, 3.8) is 0 Å². The first-order chi connectivity index (χ1) is 10.7. The second kappa shape index (κ2) is 5.10. The predicted octanol–water partition coefficient (Wildman–Crippen LogP) is 3.19. The molecule has 0 bridgehead atoms. The van der Waals surface area contributed by atoms with Crippen LogP contribution in [0.3, 0.4) is 0 Å². The third-order valence-corrected chi connectivity index (χ3v) is 5.12. The molecule has 0 saturated heterocycles. The molecule has 2 heterocycles. The minimum absolute atomic E-state index is 0.270. The van der Waals surface area contributed by atoms with Crippen molar-refractivity contribution in [1.29, 1.82) is 0 Å². The van der Waals surface area contributed by atoms with Gasteiger partial charge in [-0.25, -0.2) is 0 Å². The molecule has 110 valence electrons. The Morgan fingerprint density at radius 2 is 2.09 bits per heavy atom. The number of aryl methyl sites for hydroxylation is 2. The highest BCUT2D eigenvalue weighted by Crippen LogP contribution is 2.34. The zero-order valence-corrected chi connectivity index (χ0v) is 12.9. The quantitative estimate of drug-likeness (QED) is 0.693. The van der Waals surface area contributed by atoms with Crippen LogP contribution >= 0.6 is 11.3 Å². The van der Waals surface area contributed by atoms with Gasteiger partial charge in [0, 0.05) is 17.5 Å². The van der Waals surface area contributed by atoms with E-state index < -0.39 is 0 Å². The largest absolute Gasteiger partial charge is 0.459 e. The van der Waals surface area contributed by atoms with E-state index in [1.54, 1.807) is 23.5 Å². The molecule has 0 saturated carbocycles. The fraction of sp³-hybridized carbons (Fsp3) is 0.176. The van der Waals surface area contributed by atoms with Crippen LogP contribution in [-0.4, -0.2) is 10.5 Å². The number of thiazole rings is 1. The monoisotopic (exact) mass is 310 g/mol. The van der Waals surface area contributed by atoms with Crippen molar-refractivity contribution in [3.8, 4) is 11.3 Å². The van der Waals surface area contributed by atoms with Crippen molar-refractivity contribution < 1.29 is 9.21 Å². The molecular formula is C17H14N2O2S. The molecule has 2 aromatic heterocycles. The van der Waals surface area contributed by atoms with E-state index in [9.17, 15) is 4.79 Å². The number of amides is 1. The van der Waals surface area contributed by atoms with Gasteiger partial charge in [-0.3, -0.25) is 4.79 Å². The number of nitrogens with zero attached hydrogens (tertiary/aromatic N) is 2. The van der Waals surface area contributed by atoms with E-state index in [0.29, 0.717) is 4.80 Å². The molecule has 1 amide bonds. The van der Waals surface area contributed by atoms with E-state index in [0.717, 1.165) is 12.8 Å². The van der Waals surface area contributed by atoms with Gasteiger partial charge in [-0.15, -0.1) is 11.3 Å². The first-order valence-corrected chi connectivity index (χ1v) is 7.95. The van der Waals surface area contributed by atoms with Gasteiger partial charge in [0.25, 0.3) is 0 Å². The van der Waals surface area contributed by atoms with Crippen LogP contribution in [0, 0.1) is 0 Å². The highest BCUT2D eigenvalue weighted by Gasteiger charge is 2.21. The van der Waals surface area contributed by atoms with Crippen molar-refractivity contribution >= 4 is 17.2 Å². The van der Waals surface area contributed by atoms with Gasteiger partial charge in [0.1, 0.15) is 0 Å². The molecule has 0 fully saturated rings. The fourth-order valence-corrected chi connectivity index (χ4v) is 3.99. The maximum atomic E-state index is 12.1. The molecule has 0 unspecified atom stereocenters. The number of rotatable bonds is 1. The van der Waals surface area contributed by atoms with Crippen molar-refractivity contribution in [2.75, 3.05) is 0 Å².